The molecule has 0 aliphatic carbocycles. The number of methoxy groups -OCH3 is 1. The molecule has 0 fully saturated rings. The van der Waals surface area contributed by atoms with E-state index in [1.165, 1.54) is 13.2 Å². The van der Waals surface area contributed by atoms with Gasteiger partial charge in [-0.15, -0.1) is 0 Å². The molecule has 1 heterocycles. The van der Waals surface area contributed by atoms with E-state index in [9.17, 15) is 14.9 Å². The fourth-order valence-corrected chi connectivity index (χ4v) is 1.65. The van der Waals surface area contributed by atoms with Gasteiger partial charge >= 0.3 is 5.97 Å². The van der Waals surface area contributed by atoms with Crippen LogP contribution in [0.15, 0.2) is 12.1 Å². The van der Waals surface area contributed by atoms with Crippen molar-refractivity contribution in [1.82, 2.24) is 4.98 Å². The normalized spacial score (nSPS) is 12.1. The van der Waals surface area contributed by atoms with E-state index in [2.05, 4.69) is 15.0 Å². The molecule has 7 nitrogen and oxygen atoms in total. The lowest BCUT2D eigenvalue weighted by atomic mass is 10.0. The van der Waals surface area contributed by atoms with Crippen LogP contribution in [0.5, 0.6) is 0 Å². The Morgan fingerprint density at radius 2 is 2.16 bits per heavy atom. The van der Waals surface area contributed by atoms with E-state index in [0.717, 1.165) is 6.07 Å². The number of nitro groups is 1. The van der Waals surface area contributed by atoms with Gasteiger partial charge in [-0.3, -0.25) is 10.1 Å². The topological polar surface area (TPSA) is 94.4 Å². The van der Waals surface area contributed by atoms with E-state index in [0.29, 0.717) is 0 Å². The molecule has 0 radical (unpaired) electrons. The second-order valence-corrected chi connectivity index (χ2v) is 4.57. The summed E-state index contributed by atoms with van der Waals surface area (Å²) in [5, 5.41) is 13.5. The highest BCUT2D eigenvalue weighted by Gasteiger charge is 2.24. The number of rotatable bonds is 5. The third kappa shape index (κ3) is 4.06. The minimum absolute atomic E-state index is 0.0240. The van der Waals surface area contributed by atoms with Crippen molar-refractivity contribution in [3.8, 4) is 0 Å². The maximum Gasteiger partial charge on any atom is 0.328 e. The van der Waals surface area contributed by atoms with Gasteiger partial charge in [-0.1, -0.05) is 25.4 Å². The number of hydrogen-bond acceptors (Lipinski definition) is 6. The first-order valence-electron chi connectivity index (χ1n) is 5.51. The summed E-state index contributed by atoms with van der Waals surface area (Å²) in [6.45, 7) is 3.63. The van der Waals surface area contributed by atoms with E-state index >= 15 is 0 Å². The first kappa shape index (κ1) is 15.2. The molecule has 0 spiro atoms. The minimum Gasteiger partial charge on any atom is -0.467 e. The average Bonchev–Trinajstić information content (AvgIpc) is 2.34. The summed E-state index contributed by atoms with van der Waals surface area (Å²) in [7, 11) is 1.27. The van der Waals surface area contributed by atoms with Crippen LogP contribution in [0.2, 0.25) is 5.15 Å². The van der Waals surface area contributed by atoms with Gasteiger partial charge < -0.3 is 10.1 Å². The van der Waals surface area contributed by atoms with E-state index < -0.39 is 16.9 Å². The summed E-state index contributed by atoms with van der Waals surface area (Å²) in [5.74, 6) is -0.394. The predicted molar refractivity (Wildman–Crippen MR) is 70.2 cm³/mol. The van der Waals surface area contributed by atoms with Crippen LogP contribution in [0.4, 0.5) is 11.5 Å². The number of pyridine rings is 1. The quantitative estimate of drug-likeness (QED) is 0.386. The number of aromatic nitrogens is 1. The number of carbonyl (C=O) groups is 1. The van der Waals surface area contributed by atoms with Crippen molar-refractivity contribution >= 4 is 29.1 Å². The number of anilines is 1. The largest absolute Gasteiger partial charge is 0.467 e. The molecule has 1 N–H and O–H groups in total. The Morgan fingerprint density at radius 1 is 1.53 bits per heavy atom. The molecule has 1 rings (SSSR count). The fraction of sp³-hybridized carbons (Fsp3) is 0.455. The van der Waals surface area contributed by atoms with Gasteiger partial charge in [-0.2, -0.15) is 0 Å². The number of carbonyl (C=O) groups excluding carboxylic acids is 1. The summed E-state index contributed by atoms with van der Waals surface area (Å²) >= 11 is 5.70. The molecular formula is C11H14ClN3O4. The highest BCUT2D eigenvalue weighted by Crippen LogP contribution is 2.22. The maximum atomic E-state index is 11.6. The molecule has 0 aromatic carbocycles. The van der Waals surface area contributed by atoms with Gasteiger partial charge in [-0.25, -0.2) is 9.78 Å². The summed E-state index contributed by atoms with van der Waals surface area (Å²) < 4.78 is 4.66. The van der Waals surface area contributed by atoms with Gasteiger partial charge in [0.15, 0.2) is 0 Å². The number of ether oxygens (including phenoxy) is 1. The lowest BCUT2D eigenvalue weighted by molar-refractivity contribution is -0.384. The van der Waals surface area contributed by atoms with Crippen molar-refractivity contribution in [2.75, 3.05) is 12.4 Å². The second-order valence-electron chi connectivity index (χ2n) is 4.18. The van der Waals surface area contributed by atoms with Gasteiger partial charge in [-0.05, 0) is 5.92 Å². The SMILES string of the molecule is COC(=O)C(Nc1cc([N+](=O)[O-])cc(Cl)n1)C(C)C. The third-order valence-electron chi connectivity index (χ3n) is 2.41. The standard InChI is InChI=1S/C11H14ClN3O4/c1-6(2)10(11(16)19-3)14-9-5-7(15(17)18)4-8(12)13-9/h4-6,10H,1-3H3,(H,13,14). The fourth-order valence-electron chi connectivity index (χ4n) is 1.45. The lowest BCUT2D eigenvalue weighted by Gasteiger charge is -2.20. The van der Waals surface area contributed by atoms with Crippen LogP contribution < -0.4 is 5.32 Å². The highest BCUT2D eigenvalue weighted by atomic mass is 35.5. The molecule has 0 saturated heterocycles. The van der Waals surface area contributed by atoms with Crippen molar-refractivity contribution in [1.29, 1.82) is 0 Å². The molecular weight excluding hydrogens is 274 g/mol. The molecule has 0 aliphatic heterocycles. The molecule has 0 saturated carbocycles. The highest BCUT2D eigenvalue weighted by molar-refractivity contribution is 6.29. The van der Waals surface area contributed by atoms with Crippen molar-refractivity contribution in [3.63, 3.8) is 0 Å². The zero-order valence-electron chi connectivity index (χ0n) is 10.7. The van der Waals surface area contributed by atoms with Gasteiger partial charge in [0, 0.05) is 0 Å². The monoisotopic (exact) mass is 287 g/mol. The van der Waals surface area contributed by atoms with Crippen molar-refractivity contribution in [3.05, 3.63) is 27.4 Å². The zero-order valence-corrected chi connectivity index (χ0v) is 11.5. The Kier molecular flexibility index (Phi) is 5.05. The maximum absolute atomic E-state index is 11.6. The number of hydrogen-bond donors (Lipinski definition) is 1. The van der Waals surface area contributed by atoms with Crippen LogP contribution in [0.1, 0.15) is 13.8 Å². The summed E-state index contributed by atoms with van der Waals surface area (Å²) in [5.41, 5.74) is -0.199. The Hall–Kier alpha value is -1.89. The first-order chi connectivity index (χ1) is 8.85. The van der Waals surface area contributed by atoms with Crippen LogP contribution >= 0.6 is 11.6 Å². The molecule has 1 aromatic heterocycles. The minimum atomic E-state index is -0.657. The van der Waals surface area contributed by atoms with E-state index in [1.54, 1.807) is 0 Å². The molecule has 0 bridgehead atoms. The smallest absolute Gasteiger partial charge is 0.328 e. The van der Waals surface area contributed by atoms with Crippen LogP contribution in [0.3, 0.4) is 0 Å². The molecule has 1 aromatic rings. The summed E-state index contributed by atoms with van der Waals surface area (Å²) in [4.78, 5) is 25.6. The molecule has 0 amide bonds. The van der Waals surface area contributed by atoms with E-state index in [1.807, 2.05) is 13.8 Å². The molecule has 19 heavy (non-hydrogen) atoms. The zero-order chi connectivity index (χ0) is 14.6. The molecule has 1 unspecified atom stereocenters. The Labute approximate surface area is 115 Å². The summed E-state index contributed by atoms with van der Waals surface area (Å²) in [6, 6.07) is 1.69. The molecule has 1 atom stereocenters. The van der Waals surface area contributed by atoms with Crippen LogP contribution in [0.25, 0.3) is 0 Å². The first-order valence-corrected chi connectivity index (χ1v) is 5.89. The molecule has 8 heteroatoms. The van der Waals surface area contributed by atoms with Gasteiger partial charge in [0.25, 0.3) is 5.69 Å². The summed E-state index contributed by atoms with van der Waals surface area (Å²) in [6.07, 6.45) is 0. The Bertz CT molecular complexity index is 493. The number of nitrogens with one attached hydrogen (secondary N) is 1. The van der Waals surface area contributed by atoms with Gasteiger partial charge in [0.1, 0.15) is 17.0 Å². The van der Waals surface area contributed by atoms with Crippen molar-refractivity contribution in [2.24, 2.45) is 5.92 Å². The van der Waals surface area contributed by atoms with Gasteiger partial charge in [0.05, 0.1) is 24.2 Å². The predicted octanol–water partition coefficient (Wildman–Crippen LogP) is 2.25. The third-order valence-corrected chi connectivity index (χ3v) is 2.61. The van der Waals surface area contributed by atoms with Crippen LogP contribution in [0, 0.1) is 16.0 Å². The molecule has 0 aliphatic rings. The van der Waals surface area contributed by atoms with Crippen LogP contribution in [-0.4, -0.2) is 29.0 Å². The van der Waals surface area contributed by atoms with Crippen molar-refractivity contribution in [2.45, 2.75) is 19.9 Å². The average molecular weight is 288 g/mol. The Morgan fingerprint density at radius 3 is 2.63 bits per heavy atom. The second kappa shape index (κ2) is 6.33. The lowest BCUT2D eigenvalue weighted by Crippen LogP contribution is -2.35. The van der Waals surface area contributed by atoms with Gasteiger partial charge in [0.2, 0.25) is 0 Å². The molecule has 104 valence electrons. The Balaban J connectivity index is 3.02. The number of halogens is 1. The number of esters is 1. The van der Waals surface area contributed by atoms with E-state index in [4.69, 9.17) is 11.6 Å². The number of nitrogens with zero attached hydrogens (tertiary/aromatic N) is 2. The van der Waals surface area contributed by atoms with Crippen LogP contribution in [-0.2, 0) is 9.53 Å². The van der Waals surface area contributed by atoms with Crippen molar-refractivity contribution < 1.29 is 14.5 Å². The van der Waals surface area contributed by atoms with E-state index in [-0.39, 0.29) is 22.6 Å².